The first kappa shape index (κ1) is 19.4. The van der Waals surface area contributed by atoms with Crippen molar-refractivity contribution in [3.05, 3.63) is 94.0 Å². The summed E-state index contributed by atoms with van der Waals surface area (Å²) in [5.41, 5.74) is 10.4. The lowest BCUT2D eigenvalue weighted by Gasteiger charge is -2.19. The van der Waals surface area contributed by atoms with Gasteiger partial charge in [0.1, 0.15) is 11.9 Å². The number of fused-ring (bicyclic) bond motifs is 6. The Kier molecular flexibility index (Phi) is 4.00. The summed E-state index contributed by atoms with van der Waals surface area (Å²) >= 11 is 0. The number of carbonyl (C=O) groups is 1. The van der Waals surface area contributed by atoms with Gasteiger partial charge >= 0.3 is 0 Å². The maximum Gasteiger partial charge on any atom is 0.198 e. The molecule has 0 aromatic carbocycles. The Labute approximate surface area is 187 Å². The van der Waals surface area contributed by atoms with Gasteiger partial charge in [-0.25, -0.2) is 15.0 Å². The van der Waals surface area contributed by atoms with Gasteiger partial charge < -0.3 is 26.0 Å². The van der Waals surface area contributed by atoms with Crippen LogP contribution in [-0.2, 0) is 4.79 Å². The van der Waals surface area contributed by atoms with E-state index in [4.69, 9.17) is 5.73 Å². The normalized spacial score (nSPS) is 25.6. The number of aromatic amines is 1. The summed E-state index contributed by atoms with van der Waals surface area (Å²) in [6.07, 6.45) is 7.88. The first-order chi connectivity index (χ1) is 15.9. The van der Waals surface area contributed by atoms with Crippen LogP contribution in [0.4, 0.5) is 0 Å². The molecule has 5 aliphatic rings. The van der Waals surface area contributed by atoms with Crippen molar-refractivity contribution in [3.63, 3.8) is 0 Å². The van der Waals surface area contributed by atoms with Crippen LogP contribution in [0.3, 0.4) is 0 Å². The number of Topliss-reactive ketones (excluding diaryl/α,β-unsaturated/α-hetero) is 1. The molecule has 6 heterocycles. The van der Waals surface area contributed by atoms with E-state index < -0.39 is 23.8 Å². The molecule has 0 radical (unpaired) electrons. The van der Waals surface area contributed by atoms with E-state index in [0.29, 0.717) is 28.5 Å². The molecule has 5 aliphatic heterocycles. The summed E-state index contributed by atoms with van der Waals surface area (Å²) in [6, 6.07) is 3.67. The number of aliphatic hydroxyl groups is 3. The average Bonchev–Trinajstić information content (AvgIpc) is 3.60. The lowest BCUT2D eigenvalue weighted by atomic mass is 9.92. The maximum absolute atomic E-state index is 13.2. The minimum atomic E-state index is -1.93. The lowest BCUT2D eigenvalue weighted by Crippen LogP contribution is -2.38. The van der Waals surface area contributed by atoms with E-state index in [1.54, 1.807) is 42.5 Å². The number of aliphatic imine (C=N–C) groups is 3. The van der Waals surface area contributed by atoms with E-state index in [2.05, 4.69) is 20.0 Å². The molecule has 0 saturated heterocycles. The first-order valence-corrected chi connectivity index (χ1v) is 10.2. The fourth-order valence-corrected chi connectivity index (χ4v) is 4.21. The van der Waals surface area contributed by atoms with Crippen LogP contribution < -0.4 is 5.73 Å². The molecule has 9 heteroatoms. The van der Waals surface area contributed by atoms with Crippen molar-refractivity contribution in [2.45, 2.75) is 12.2 Å². The van der Waals surface area contributed by atoms with E-state index in [0.717, 1.165) is 5.69 Å². The number of allylic oxidation sites excluding steroid dienone is 7. The number of H-pyrrole nitrogens is 1. The number of aliphatic hydroxyl groups excluding tert-OH is 3. The molecule has 33 heavy (non-hydrogen) atoms. The average molecular weight is 439 g/mol. The number of nitrogens with zero attached hydrogens (tertiary/aromatic N) is 3. The van der Waals surface area contributed by atoms with E-state index in [1.807, 2.05) is 12.1 Å². The highest BCUT2D eigenvalue weighted by atomic mass is 16.4. The molecule has 6 rings (SSSR count). The van der Waals surface area contributed by atoms with Crippen LogP contribution in [0.1, 0.15) is 11.4 Å². The van der Waals surface area contributed by atoms with Gasteiger partial charge in [-0.05, 0) is 54.7 Å². The second-order valence-electron chi connectivity index (χ2n) is 7.96. The summed E-state index contributed by atoms with van der Waals surface area (Å²) in [6.45, 7) is 0. The SMILES string of the molecule is NC1=C2C=CC(=N2)C2=C(O)C(O)C(O)C(=O)C(=C3C=CC2=N3)C2=NC(=Cc3ccc1[nH]3)C=C2. The Morgan fingerprint density at radius 1 is 0.818 bits per heavy atom. The van der Waals surface area contributed by atoms with Crippen molar-refractivity contribution < 1.29 is 20.1 Å². The van der Waals surface area contributed by atoms with Gasteiger partial charge in [0, 0.05) is 5.69 Å². The van der Waals surface area contributed by atoms with Gasteiger partial charge in [0.05, 0.1) is 56.8 Å². The number of nitrogens with one attached hydrogen (secondary N) is 1. The lowest BCUT2D eigenvalue weighted by molar-refractivity contribution is -0.128. The van der Waals surface area contributed by atoms with Gasteiger partial charge in [0.15, 0.2) is 11.9 Å². The summed E-state index contributed by atoms with van der Waals surface area (Å²) in [7, 11) is 0. The number of carbonyl (C=O) groups excluding carboxylic acids is 1. The molecular formula is C24H17N5O4. The minimum Gasteiger partial charge on any atom is -0.509 e. The van der Waals surface area contributed by atoms with Crippen LogP contribution in [0.2, 0.25) is 0 Å². The molecule has 10 bridgehead atoms. The smallest absolute Gasteiger partial charge is 0.198 e. The van der Waals surface area contributed by atoms with Gasteiger partial charge in [-0.15, -0.1) is 0 Å². The summed E-state index contributed by atoms with van der Waals surface area (Å²) in [5.74, 6) is -1.41. The largest absolute Gasteiger partial charge is 0.509 e. The van der Waals surface area contributed by atoms with Crippen LogP contribution in [0.5, 0.6) is 0 Å². The first-order valence-electron chi connectivity index (χ1n) is 10.2. The number of hydrogen-bond donors (Lipinski definition) is 5. The third-order valence-corrected chi connectivity index (χ3v) is 5.89. The Balaban J connectivity index is 1.70. The van der Waals surface area contributed by atoms with Crippen molar-refractivity contribution in [2.24, 2.45) is 20.7 Å². The molecule has 162 valence electrons. The zero-order chi connectivity index (χ0) is 22.9. The van der Waals surface area contributed by atoms with Gasteiger partial charge in [-0.1, -0.05) is 0 Å². The third-order valence-electron chi connectivity index (χ3n) is 5.89. The molecule has 0 saturated carbocycles. The zero-order valence-corrected chi connectivity index (χ0v) is 17.0. The van der Waals surface area contributed by atoms with Crippen molar-refractivity contribution in [1.29, 1.82) is 0 Å². The molecule has 0 aliphatic carbocycles. The molecule has 0 spiro atoms. The van der Waals surface area contributed by atoms with Gasteiger partial charge in [-0.2, -0.15) is 0 Å². The minimum absolute atomic E-state index is 0.0505. The van der Waals surface area contributed by atoms with E-state index in [1.165, 1.54) is 0 Å². The Hall–Kier alpha value is -4.34. The Morgan fingerprint density at radius 2 is 1.48 bits per heavy atom. The second-order valence-corrected chi connectivity index (χ2v) is 7.96. The molecule has 0 fully saturated rings. The number of hydrogen-bond acceptors (Lipinski definition) is 8. The van der Waals surface area contributed by atoms with Crippen molar-refractivity contribution in [3.8, 4) is 0 Å². The monoisotopic (exact) mass is 439 g/mol. The van der Waals surface area contributed by atoms with Crippen LogP contribution in [0, 0.1) is 0 Å². The van der Waals surface area contributed by atoms with Crippen LogP contribution in [0.25, 0.3) is 11.8 Å². The summed E-state index contributed by atoms with van der Waals surface area (Å²) in [5, 5.41) is 32.3. The third kappa shape index (κ3) is 2.87. The van der Waals surface area contributed by atoms with Crippen LogP contribution >= 0.6 is 0 Å². The summed E-state index contributed by atoms with van der Waals surface area (Å²) < 4.78 is 0. The quantitative estimate of drug-likeness (QED) is 0.413. The molecule has 0 amide bonds. The molecule has 6 N–H and O–H groups in total. The molecule has 1 aromatic heterocycles. The van der Waals surface area contributed by atoms with Crippen molar-refractivity contribution in [2.75, 3.05) is 0 Å². The van der Waals surface area contributed by atoms with Crippen LogP contribution in [0.15, 0.2) is 97.6 Å². The molecule has 2 atom stereocenters. The maximum atomic E-state index is 13.2. The second kappa shape index (κ2) is 6.83. The van der Waals surface area contributed by atoms with Crippen molar-refractivity contribution >= 4 is 34.7 Å². The number of ketones is 1. The highest BCUT2D eigenvalue weighted by molar-refractivity contribution is 6.35. The van der Waals surface area contributed by atoms with Crippen molar-refractivity contribution in [1.82, 2.24) is 4.98 Å². The highest BCUT2D eigenvalue weighted by Crippen LogP contribution is 2.31. The molecule has 1 aromatic rings. The molecular weight excluding hydrogens is 422 g/mol. The number of aromatic nitrogens is 1. The molecule has 2 unspecified atom stereocenters. The van der Waals surface area contributed by atoms with E-state index >= 15 is 0 Å². The topological polar surface area (TPSA) is 157 Å². The van der Waals surface area contributed by atoms with Gasteiger partial charge in [0.2, 0.25) is 0 Å². The number of rotatable bonds is 0. The van der Waals surface area contributed by atoms with E-state index in [9.17, 15) is 20.1 Å². The van der Waals surface area contributed by atoms with Gasteiger partial charge in [0.25, 0.3) is 0 Å². The number of nitrogens with two attached hydrogens (primary N) is 1. The Bertz CT molecular complexity index is 1470. The van der Waals surface area contributed by atoms with Crippen LogP contribution in [-0.4, -0.2) is 55.4 Å². The Morgan fingerprint density at radius 3 is 2.27 bits per heavy atom. The predicted molar refractivity (Wildman–Crippen MR) is 123 cm³/mol. The fourth-order valence-electron chi connectivity index (χ4n) is 4.21. The predicted octanol–water partition coefficient (Wildman–Crippen LogP) is 1.40. The van der Waals surface area contributed by atoms with Gasteiger partial charge in [-0.3, -0.25) is 4.79 Å². The standard InChI is InChI=1S/C24H17N5O4/c25-20-16-4-2-11(27-16)9-10-1-3-12(26-10)18-13-5-6-14(28-13)19(15-7-8-17(20)29-15)22(31)24(33)23(32)21(18)30/h1-9,23-24,27,31-33H,25H2. The van der Waals surface area contributed by atoms with E-state index in [-0.39, 0.29) is 28.3 Å². The highest BCUT2D eigenvalue weighted by Gasteiger charge is 2.38. The molecule has 9 nitrogen and oxygen atoms in total. The fraction of sp³-hybridized carbons (Fsp3) is 0.0833. The zero-order valence-electron chi connectivity index (χ0n) is 17.0. The summed E-state index contributed by atoms with van der Waals surface area (Å²) in [4.78, 5) is 30.0.